The van der Waals surface area contributed by atoms with Gasteiger partial charge in [0.25, 0.3) is 5.91 Å². The number of aromatic nitrogens is 2. The van der Waals surface area contributed by atoms with Crippen LogP contribution in [0.5, 0.6) is 0 Å². The zero-order valence-corrected chi connectivity index (χ0v) is 11.7. The molecule has 2 N–H and O–H groups in total. The molecular formula is C15H19N3O. The molecule has 0 radical (unpaired) electrons. The van der Waals surface area contributed by atoms with Gasteiger partial charge in [0.05, 0.1) is 6.33 Å². The maximum absolute atomic E-state index is 12.2. The molecule has 0 aliphatic carbocycles. The normalized spacial score (nSPS) is 10.8. The number of imidazole rings is 1. The Morgan fingerprint density at radius 3 is 2.63 bits per heavy atom. The van der Waals surface area contributed by atoms with Crippen molar-refractivity contribution in [2.24, 2.45) is 0 Å². The van der Waals surface area contributed by atoms with E-state index in [9.17, 15) is 4.79 Å². The first-order chi connectivity index (χ1) is 9.00. The molecule has 4 heteroatoms. The van der Waals surface area contributed by atoms with Crippen molar-refractivity contribution in [2.75, 3.05) is 5.32 Å². The number of H-pyrrole nitrogens is 1. The zero-order valence-electron chi connectivity index (χ0n) is 11.7. The first kappa shape index (κ1) is 13.3. The third-order valence-electron chi connectivity index (χ3n) is 3.21. The molecule has 1 aromatic heterocycles. The van der Waals surface area contributed by atoms with E-state index in [2.05, 4.69) is 29.1 Å². The molecule has 0 aliphatic heterocycles. The van der Waals surface area contributed by atoms with Gasteiger partial charge in [0.1, 0.15) is 5.69 Å². The van der Waals surface area contributed by atoms with E-state index in [4.69, 9.17) is 0 Å². The molecular weight excluding hydrogens is 238 g/mol. The van der Waals surface area contributed by atoms with Gasteiger partial charge in [-0.25, -0.2) is 4.98 Å². The summed E-state index contributed by atoms with van der Waals surface area (Å²) in [7, 11) is 0. The topological polar surface area (TPSA) is 57.8 Å². The largest absolute Gasteiger partial charge is 0.348 e. The minimum atomic E-state index is -0.171. The number of carbonyl (C=O) groups excluding carboxylic acids is 1. The Labute approximate surface area is 113 Å². The van der Waals surface area contributed by atoms with E-state index in [1.165, 1.54) is 6.33 Å². The molecule has 19 heavy (non-hydrogen) atoms. The molecule has 4 nitrogen and oxygen atoms in total. The Balaban J connectivity index is 2.34. The van der Waals surface area contributed by atoms with Gasteiger partial charge in [-0.3, -0.25) is 4.79 Å². The summed E-state index contributed by atoms with van der Waals surface area (Å²) in [4.78, 5) is 19.2. The number of nitrogens with one attached hydrogen (secondary N) is 2. The molecule has 0 aliphatic rings. The minimum absolute atomic E-state index is 0.171. The number of aryl methyl sites for hydroxylation is 2. The third kappa shape index (κ3) is 2.67. The summed E-state index contributed by atoms with van der Waals surface area (Å²) in [5.41, 5.74) is 4.31. The van der Waals surface area contributed by atoms with E-state index in [1.807, 2.05) is 32.0 Å². The van der Waals surface area contributed by atoms with E-state index in [-0.39, 0.29) is 5.91 Å². The van der Waals surface area contributed by atoms with Crippen molar-refractivity contribution in [1.29, 1.82) is 0 Å². The van der Waals surface area contributed by atoms with Crippen LogP contribution in [-0.2, 0) is 0 Å². The Hall–Kier alpha value is -2.10. The lowest BCUT2D eigenvalue weighted by Gasteiger charge is -2.16. The molecule has 1 amide bonds. The number of hydrogen-bond donors (Lipinski definition) is 2. The van der Waals surface area contributed by atoms with E-state index in [0.717, 1.165) is 22.5 Å². The van der Waals surface area contributed by atoms with Gasteiger partial charge >= 0.3 is 0 Å². The lowest BCUT2D eigenvalue weighted by Crippen LogP contribution is -2.16. The van der Waals surface area contributed by atoms with Crippen LogP contribution >= 0.6 is 0 Å². The van der Waals surface area contributed by atoms with Gasteiger partial charge in [0, 0.05) is 11.4 Å². The highest BCUT2D eigenvalue weighted by molar-refractivity contribution is 6.04. The molecule has 0 saturated carbocycles. The average Bonchev–Trinajstić information content (AvgIpc) is 2.77. The second-order valence-corrected chi connectivity index (χ2v) is 5.02. The van der Waals surface area contributed by atoms with Crippen molar-refractivity contribution in [1.82, 2.24) is 9.97 Å². The molecule has 0 atom stereocenters. The highest BCUT2D eigenvalue weighted by atomic mass is 16.1. The highest BCUT2D eigenvalue weighted by Crippen LogP contribution is 2.27. The number of anilines is 1. The Morgan fingerprint density at radius 2 is 2.05 bits per heavy atom. The summed E-state index contributed by atoms with van der Waals surface area (Å²) in [5, 5.41) is 2.98. The van der Waals surface area contributed by atoms with Crippen molar-refractivity contribution in [2.45, 2.75) is 33.6 Å². The fourth-order valence-electron chi connectivity index (χ4n) is 2.10. The van der Waals surface area contributed by atoms with Crippen LogP contribution in [-0.4, -0.2) is 15.9 Å². The molecule has 1 aromatic carbocycles. The molecule has 100 valence electrons. The van der Waals surface area contributed by atoms with Gasteiger partial charge < -0.3 is 10.3 Å². The monoisotopic (exact) mass is 257 g/mol. The van der Waals surface area contributed by atoms with Crippen molar-refractivity contribution in [3.05, 3.63) is 47.0 Å². The first-order valence-corrected chi connectivity index (χ1v) is 6.41. The number of benzene rings is 1. The summed E-state index contributed by atoms with van der Waals surface area (Å²) in [5.74, 6) is 0.186. The van der Waals surface area contributed by atoms with Gasteiger partial charge in [-0.1, -0.05) is 32.0 Å². The number of rotatable bonds is 3. The standard InChI is InChI=1S/C15H19N3O/c1-9(2)12-7-5-6-10(3)13(12)18-15(19)14-11(4)16-8-17-14/h5-9H,1-4H3,(H,16,17)(H,18,19). The fourth-order valence-corrected chi connectivity index (χ4v) is 2.10. The van der Waals surface area contributed by atoms with Gasteiger partial charge in [0.2, 0.25) is 0 Å². The SMILES string of the molecule is Cc1cccc(C(C)C)c1NC(=O)c1nc[nH]c1C. The van der Waals surface area contributed by atoms with Gasteiger partial charge in [-0.2, -0.15) is 0 Å². The highest BCUT2D eigenvalue weighted by Gasteiger charge is 2.16. The summed E-state index contributed by atoms with van der Waals surface area (Å²) in [6.45, 7) is 8.07. The first-order valence-electron chi connectivity index (χ1n) is 6.41. The Morgan fingerprint density at radius 1 is 1.32 bits per heavy atom. The van der Waals surface area contributed by atoms with E-state index >= 15 is 0 Å². The van der Waals surface area contributed by atoms with Crippen LogP contribution in [0.4, 0.5) is 5.69 Å². The predicted molar refractivity (Wildman–Crippen MR) is 76.5 cm³/mol. The molecule has 0 unspecified atom stereocenters. The maximum atomic E-state index is 12.2. The second-order valence-electron chi connectivity index (χ2n) is 5.02. The lowest BCUT2D eigenvalue weighted by molar-refractivity contribution is 0.102. The number of nitrogens with zero attached hydrogens (tertiary/aromatic N) is 1. The van der Waals surface area contributed by atoms with Gasteiger partial charge in [0.15, 0.2) is 0 Å². The van der Waals surface area contributed by atoms with Crippen molar-refractivity contribution in [3.63, 3.8) is 0 Å². The Bertz CT molecular complexity index is 599. The molecule has 0 spiro atoms. The molecule has 0 bridgehead atoms. The van der Waals surface area contributed by atoms with E-state index in [0.29, 0.717) is 11.6 Å². The maximum Gasteiger partial charge on any atom is 0.276 e. The van der Waals surface area contributed by atoms with E-state index < -0.39 is 0 Å². The number of hydrogen-bond acceptors (Lipinski definition) is 2. The fraction of sp³-hybridized carbons (Fsp3) is 0.333. The summed E-state index contributed by atoms with van der Waals surface area (Å²) >= 11 is 0. The van der Waals surface area contributed by atoms with Crippen LogP contribution in [0.1, 0.15) is 47.1 Å². The zero-order chi connectivity index (χ0) is 14.0. The molecule has 2 rings (SSSR count). The van der Waals surface area contributed by atoms with Crippen LogP contribution in [0.3, 0.4) is 0 Å². The molecule has 2 aromatic rings. The van der Waals surface area contributed by atoms with Crippen LogP contribution in [0.2, 0.25) is 0 Å². The number of amides is 1. The molecule has 1 heterocycles. The average molecular weight is 257 g/mol. The smallest absolute Gasteiger partial charge is 0.276 e. The quantitative estimate of drug-likeness (QED) is 0.885. The number of carbonyl (C=O) groups is 1. The van der Waals surface area contributed by atoms with Crippen LogP contribution in [0.15, 0.2) is 24.5 Å². The summed E-state index contributed by atoms with van der Waals surface area (Å²) in [6.07, 6.45) is 1.53. The molecule has 0 fully saturated rings. The summed E-state index contributed by atoms with van der Waals surface area (Å²) in [6, 6.07) is 6.06. The second kappa shape index (κ2) is 5.26. The van der Waals surface area contributed by atoms with Crippen molar-refractivity contribution in [3.8, 4) is 0 Å². The Kier molecular flexibility index (Phi) is 3.69. The van der Waals surface area contributed by atoms with Gasteiger partial charge in [-0.15, -0.1) is 0 Å². The number of para-hydroxylation sites is 1. The number of aromatic amines is 1. The van der Waals surface area contributed by atoms with Gasteiger partial charge in [-0.05, 0) is 30.9 Å². The summed E-state index contributed by atoms with van der Waals surface area (Å²) < 4.78 is 0. The minimum Gasteiger partial charge on any atom is -0.348 e. The van der Waals surface area contributed by atoms with Crippen LogP contribution < -0.4 is 5.32 Å². The van der Waals surface area contributed by atoms with E-state index in [1.54, 1.807) is 0 Å². The van der Waals surface area contributed by atoms with Crippen molar-refractivity contribution < 1.29 is 4.79 Å². The van der Waals surface area contributed by atoms with Crippen molar-refractivity contribution >= 4 is 11.6 Å². The molecule has 0 saturated heterocycles. The predicted octanol–water partition coefficient (Wildman–Crippen LogP) is 3.40. The lowest BCUT2D eigenvalue weighted by atomic mass is 9.98. The third-order valence-corrected chi connectivity index (χ3v) is 3.21. The van der Waals surface area contributed by atoms with Crippen LogP contribution in [0, 0.1) is 13.8 Å². The van der Waals surface area contributed by atoms with Crippen LogP contribution in [0.25, 0.3) is 0 Å².